The number of benzene rings is 4. The molecule has 0 saturated carbocycles. The first-order chi connectivity index (χ1) is 27.8. The molecule has 3 saturated heterocycles. The van der Waals surface area contributed by atoms with Crippen molar-refractivity contribution in [1.29, 1.82) is 0 Å². The SMILES string of the molecule is O=C1CCC(NC(=O)c2ccc(N3CCN(C(=O)N4CCN(CCOc5ccc([C@@H]6c7ccc(O)cc7CC[C@@H]6c6ccccc6)cc5)CC4)CC3)cc2)C(=O)N1. The van der Waals surface area contributed by atoms with E-state index in [2.05, 4.69) is 81.1 Å². The Labute approximate surface area is 333 Å². The van der Waals surface area contributed by atoms with Crippen LogP contribution in [0.5, 0.6) is 11.5 Å². The van der Waals surface area contributed by atoms with Crippen LogP contribution in [0.15, 0.2) is 97.1 Å². The highest BCUT2D eigenvalue weighted by atomic mass is 16.5. The fourth-order valence-electron chi connectivity index (χ4n) is 8.76. The summed E-state index contributed by atoms with van der Waals surface area (Å²) in [6.45, 7) is 6.94. The standard InChI is InChI=1S/C45H50N6O6/c52-36-13-17-39-34(30-36)10-16-38(31-4-2-1-3-5-31)42(39)32-8-14-37(15-9-32)57-29-28-48-20-22-50(23-21-48)45(56)51-26-24-49(25-27-51)35-11-6-33(7-12-35)43(54)46-40-18-19-41(53)47-44(40)55/h1-9,11-15,17,30,38,40,42,52H,10,16,18-29H2,(H,46,54)(H,47,53,55)/t38-,40?,42+/m1/s1. The van der Waals surface area contributed by atoms with Crippen LogP contribution in [0.2, 0.25) is 0 Å². The summed E-state index contributed by atoms with van der Waals surface area (Å²) in [5.74, 6) is 0.565. The molecule has 3 N–H and O–H groups in total. The highest BCUT2D eigenvalue weighted by molar-refractivity contribution is 6.03. The predicted molar refractivity (Wildman–Crippen MR) is 217 cm³/mol. The van der Waals surface area contributed by atoms with E-state index in [4.69, 9.17) is 4.74 Å². The molecule has 3 atom stereocenters. The van der Waals surface area contributed by atoms with Gasteiger partial charge in [-0.05, 0) is 96.0 Å². The first-order valence-corrected chi connectivity index (χ1v) is 20.1. The number of piperidine rings is 1. The summed E-state index contributed by atoms with van der Waals surface area (Å²) in [5.41, 5.74) is 6.50. The largest absolute Gasteiger partial charge is 0.508 e. The van der Waals surface area contributed by atoms with E-state index in [9.17, 15) is 24.3 Å². The van der Waals surface area contributed by atoms with Gasteiger partial charge in [0.05, 0.1) is 0 Å². The molecule has 0 bridgehead atoms. The minimum Gasteiger partial charge on any atom is -0.508 e. The van der Waals surface area contributed by atoms with Crippen LogP contribution >= 0.6 is 0 Å². The second-order valence-electron chi connectivity index (χ2n) is 15.4. The topological polar surface area (TPSA) is 135 Å². The molecule has 5 amide bonds. The number of carbonyl (C=O) groups is 4. The van der Waals surface area contributed by atoms with E-state index in [1.165, 1.54) is 22.3 Å². The van der Waals surface area contributed by atoms with E-state index in [-0.39, 0.29) is 30.2 Å². The molecule has 57 heavy (non-hydrogen) atoms. The minimum atomic E-state index is -0.716. The zero-order valence-corrected chi connectivity index (χ0v) is 32.1. The maximum atomic E-state index is 13.4. The lowest BCUT2D eigenvalue weighted by Crippen LogP contribution is -2.57. The Balaban J connectivity index is 0.768. The van der Waals surface area contributed by atoms with Gasteiger partial charge in [0.25, 0.3) is 5.91 Å². The molecule has 296 valence electrons. The summed E-state index contributed by atoms with van der Waals surface area (Å²) in [4.78, 5) is 58.0. The van der Waals surface area contributed by atoms with Gasteiger partial charge in [0, 0.05) is 82.5 Å². The first-order valence-electron chi connectivity index (χ1n) is 20.1. The molecule has 3 fully saturated rings. The fraction of sp³-hybridized carbons (Fsp3) is 0.378. The van der Waals surface area contributed by atoms with Crippen LogP contribution in [0.1, 0.15) is 63.7 Å². The molecule has 4 aliphatic rings. The molecular formula is C45H50N6O6. The molecule has 1 unspecified atom stereocenters. The molecule has 0 spiro atoms. The Morgan fingerprint density at radius 1 is 0.754 bits per heavy atom. The molecule has 1 aliphatic carbocycles. The zero-order valence-electron chi connectivity index (χ0n) is 32.1. The average Bonchev–Trinajstić information content (AvgIpc) is 3.25. The van der Waals surface area contributed by atoms with E-state index >= 15 is 0 Å². The summed E-state index contributed by atoms with van der Waals surface area (Å²) >= 11 is 0. The van der Waals surface area contributed by atoms with Crippen LogP contribution < -0.4 is 20.3 Å². The van der Waals surface area contributed by atoms with Crippen molar-refractivity contribution in [1.82, 2.24) is 25.3 Å². The normalized spacial score (nSPS) is 21.4. The van der Waals surface area contributed by atoms with Crippen molar-refractivity contribution in [2.45, 2.75) is 43.6 Å². The molecule has 3 heterocycles. The molecule has 0 aromatic heterocycles. The predicted octanol–water partition coefficient (Wildman–Crippen LogP) is 4.73. The van der Waals surface area contributed by atoms with Crippen LogP contribution in [0, 0.1) is 0 Å². The van der Waals surface area contributed by atoms with E-state index < -0.39 is 11.9 Å². The Bertz CT molecular complexity index is 2060. The van der Waals surface area contributed by atoms with E-state index in [0.717, 1.165) is 43.9 Å². The molecule has 8 rings (SSSR count). The lowest BCUT2D eigenvalue weighted by Gasteiger charge is -2.41. The van der Waals surface area contributed by atoms with Crippen LogP contribution in [0.4, 0.5) is 10.5 Å². The number of nitrogens with one attached hydrogen (secondary N) is 2. The number of aromatic hydroxyl groups is 1. The zero-order chi connectivity index (χ0) is 39.3. The van der Waals surface area contributed by atoms with Gasteiger partial charge in [0.1, 0.15) is 24.1 Å². The van der Waals surface area contributed by atoms with Gasteiger partial charge in [-0.2, -0.15) is 0 Å². The molecule has 12 nitrogen and oxygen atoms in total. The van der Waals surface area contributed by atoms with Gasteiger partial charge < -0.3 is 29.9 Å². The number of phenolic OH excluding ortho intramolecular Hbond substituents is 1. The van der Waals surface area contributed by atoms with Gasteiger partial charge in [-0.3, -0.25) is 24.6 Å². The Morgan fingerprint density at radius 3 is 2.16 bits per heavy atom. The molecule has 4 aromatic rings. The molecule has 4 aromatic carbocycles. The number of amides is 5. The Morgan fingerprint density at radius 2 is 1.46 bits per heavy atom. The number of anilines is 1. The summed E-state index contributed by atoms with van der Waals surface area (Å²) in [7, 11) is 0. The van der Waals surface area contributed by atoms with E-state index in [1.54, 1.807) is 18.2 Å². The number of hydrogen-bond donors (Lipinski definition) is 3. The Kier molecular flexibility index (Phi) is 11.4. The number of ether oxygens (including phenoxy) is 1. The molecular weight excluding hydrogens is 721 g/mol. The third-order valence-electron chi connectivity index (χ3n) is 12.0. The number of rotatable bonds is 9. The number of piperazine rings is 2. The number of nitrogens with zero attached hydrogens (tertiary/aromatic N) is 4. The maximum absolute atomic E-state index is 13.4. The maximum Gasteiger partial charge on any atom is 0.320 e. The first kappa shape index (κ1) is 38.0. The fourth-order valence-corrected chi connectivity index (χ4v) is 8.76. The van der Waals surface area contributed by atoms with Gasteiger partial charge >= 0.3 is 6.03 Å². The lowest BCUT2D eigenvalue weighted by molar-refractivity contribution is -0.134. The summed E-state index contributed by atoms with van der Waals surface area (Å²) in [6.07, 6.45) is 2.47. The van der Waals surface area contributed by atoms with Gasteiger partial charge in [-0.25, -0.2) is 4.79 Å². The van der Waals surface area contributed by atoms with Crippen molar-refractivity contribution in [3.8, 4) is 11.5 Å². The monoisotopic (exact) mass is 770 g/mol. The number of imide groups is 1. The number of fused-ring (bicyclic) bond motifs is 1. The Hall–Kier alpha value is -5.88. The van der Waals surface area contributed by atoms with Crippen LogP contribution in [-0.4, -0.2) is 115 Å². The van der Waals surface area contributed by atoms with Crippen molar-refractivity contribution in [2.24, 2.45) is 0 Å². The van der Waals surface area contributed by atoms with Crippen LogP contribution in [-0.2, 0) is 16.0 Å². The van der Waals surface area contributed by atoms with Crippen molar-refractivity contribution in [2.75, 3.05) is 70.4 Å². The van der Waals surface area contributed by atoms with Gasteiger partial charge in [0.2, 0.25) is 11.8 Å². The van der Waals surface area contributed by atoms with Crippen molar-refractivity contribution < 1.29 is 29.0 Å². The van der Waals surface area contributed by atoms with Crippen LogP contribution in [0.25, 0.3) is 0 Å². The number of hydrogen-bond acceptors (Lipinski definition) is 8. The van der Waals surface area contributed by atoms with Crippen molar-refractivity contribution in [3.63, 3.8) is 0 Å². The highest BCUT2D eigenvalue weighted by Gasteiger charge is 2.33. The second-order valence-corrected chi connectivity index (χ2v) is 15.4. The number of phenols is 1. The molecule has 3 aliphatic heterocycles. The van der Waals surface area contributed by atoms with Gasteiger partial charge in [-0.15, -0.1) is 0 Å². The van der Waals surface area contributed by atoms with Crippen molar-refractivity contribution >= 4 is 29.4 Å². The lowest BCUT2D eigenvalue weighted by atomic mass is 9.69. The van der Waals surface area contributed by atoms with Crippen molar-refractivity contribution in [3.05, 3.63) is 125 Å². The third kappa shape index (κ3) is 8.76. The van der Waals surface area contributed by atoms with E-state index in [0.29, 0.717) is 69.5 Å². The summed E-state index contributed by atoms with van der Waals surface area (Å²) < 4.78 is 6.21. The summed E-state index contributed by atoms with van der Waals surface area (Å²) in [5, 5.41) is 15.1. The molecule has 0 radical (unpaired) electrons. The minimum absolute atomic E-state index is 0.0815. The van der Waals surface area contributed by atoms with Gasteiger partial charge in [0.15, 0.2) is 0 Å². The quantitative estimate of drug-likeness (QED) is 0.208. The average molecular weight is 771 g/mol. The van der Waals surface area contributed by atoms with Crippen LogP contribution in [0.3, 0.4) is 0 Å². The third-order valence-corrected chi connectivity index (χ3v) is 12.0. The number of carbonyl (C=O) groups excluding carboxylic acids is 4. The smallest absolute Gasteiger partial charge is 0.320 e. The van der Waals surface area contributed by atoms with E-state index in [1.807, 2.05) is 28.0 Å². The second kappa shape index (κ2) is 17.1. The summed E-state index contributed by atoms with van der Waals surface area (Å²) in [6, 6.07) is 31.7. The number of aryl methyl sites for hydroxylation is 1. The molecule has 12 heteroatoms. The number of urea groups is 1. The highest BCUT2D eigenvalue weighted by Crippen LogP contribution is 2.47. The van der Waals surface area contributed by atoms with Gasteiger partial charge in [-0.1, -0.05) is 48.5 Å².